The van der Waals surface area contributed by atoms with Gasteiger partial charge in [0.1, 0.15) is 12.7 Å². The predicted octanol–water partition coefficient (Wildman–Crippen LogP) is 4.95. The average Bonchev–Trinajstić information content (AvgIpc) is 2.91. The zero-order valence-electron chi connectivity index (χ0n) is 23.3. The van der Waals surface area contributed by atoms with Gasteiger partial charge in [-0.2, -0.15) is 26.3 Å². The van der Waals surface area contributed by atoms with Crippen LogP contribution in [-0.2, 0) is 44.2 Å². The van der Waals surface area contributed by atoms with Crippen LogP contribution in [0.25, 0.3) is 0 Å². The molecule has 0 radical (unpaired) electrons. The number of halogens is 6. The minimum Gasteiger partial charge on any atom is -0.463 e. The topological polar surface area (TPSA) is 122 Å². The van der Waals surface area contributed by atoms with Crippen LogP contribution in [0.3, 0.4) is 0 Å². The summed E-state index contributed by atoms with van der Waals surface area (Å²) in [4.78, 5) is 43.1. The van der Waals surface area contributed by atoms with Crippen LogP contribution in [0, 0.1) is 0 Å². The second-order valence-electron chi connectivity index (χ2n) is 9.22. The van der Waals surface area contributed by atoms with Crippen molar-refractivity contribution >= 4 is 35.7 Å². The predicted molar refractivity (Wildman–Crippen MR) is 140 cm³/mol. The molecule has 1 aliphatic rings. The van der Waals surface area contributed by atoms with Gasteiger partial charge in [0.25, 0.3) is 5.90 Å². The van der Waals surface area contributed by atoms with Crippen molar-refractivity contribution in [2.24, 2.45) is 9.98 Å². The van der Waals surface area contributed by atoms with Gasteiger partial charge in [-0.3, -0.25) is 19.4 Å². The number of carbonyl (C=O) groups excluding carboxylic acids is 3. The van der Waals surface area contributed by atoms with Crippen molar-refractivity contribution in [1.29, 1.82) is 0 Å². The van der Waals surface area contributed by atoms with Crippen molar-refractivity contribution in [2.75, 3.05) is 6.61 Å². The van der Waals surface area contributed by atoms with Crippen molar-refractivity contribution in [3.63, 3.8) is 0 Å². The van der Waals surface area contributed by atoms with Gasteiger partial charge in [-0.25, -0.2) is 4.99 Å². The molecule has 44 heavy (non-hydrogen) atoms. The molecule has 5 atom stereocenters. The zero-order chi connectivity index (χ0) is 32.7. The molecule has 0 N–H and O–H groups in total. The van der Waals surface area contributed by atoms with Crippen LogP contribution in [-0.4, -0.2) is 73.4 Å². The molecule has 2 aromatic rings. The third-order valence-electron chi connectivity index (χ3n) is 5.78. The van der Waals surface area contributed by atoms with E-state index in [1.54, 1.807) is 0 Å². The molecule has 0 unspecified atom stereocenters. The van der Waals surface area contributed by atoms with E-state index in [1.165, 1.54) is 36.4 Å². The number of carbonyl (C=O) groups is 3. The Labute approximate surface area is 246 Å². The summed E-state index contributed by atoms with van der Waals surface area (Å²) < 4.78 is 110. The fraction of sp³-hybridized carbons (Fsp3) is 0.393. The Kier molecular flexibility index (Phi) is 11.1. The molecule has 16 heteroatoms. The third-order valence-corrected chi connectivity index (χ3v) is 5.78. The maximum absolute atomic E-state index is 14.1. The van der Waals surface area contributed by atoms with E-state index in [2.05, 4.69) is 9.98 Å². The first-order chi connectivity index (χ1) is 20.6. The molecule has 1 aliphatic heterocycles. The Bertz CT molecular complexity index is 1380. The van der Waals surface area contributed by atoms with Gasteiger partial charge >= 0.3 is 30.3 Å². The molecule has 0 saturated carbocycles. The number of para-hydroxylation sites is 1. The van der Waals surface area contributed by atoms with Crippen molar-refractivity contribution in [2.45, 2.75) is 63.8 Å². The highest BCUT2D eigenvalue weighted by Gasteiger charge is 2.53. The van der Waals surface area contributed by atoms with Gasteiger partial charge in [-0.1, -0.05) is 36.4 Å². The molecule has 2 aromatic carbocycles. The molecule has 1 fully saturated rings. The summed E-state index contributed by atoms with van der Waals surface area (Å²) >= 11 is 0. The summed E-state index contributed by atoms with van der Waals surface area (Å²) in [5, 5.41) is 0. The molecule has 0 aliphatic carbocycles. The molecule has 3 rings (SSSR count). The number of ether oxygens (including phenoxy) is 5. The molecule has 0 aromatic heterocycles. The standard InChI is InChI=1S/C28H26F6N2O8/c1-15(37)40-14-21-23(41-16(2)38)24(42-17(3)39)22(35-13-18-9-7-8-12-20(18)27(29,30)31)25(43-21)44-26(28(32,33)34)36-19-10-5-4-6-11-19/h4-13,21-25H,14H2,1-3H3/t21-,22-,23+,24-,25-/m1/s1. The molecule has 238 valence electrons. The lowest BCUT2D eigenvalue weighted by Crippen LogP contribution is -2.62. The van der Waals surface area contributed by atoms with Gasteiger partial charge in [-0.05, 0) is 18.2 Å². The first kappa shape index (κ1) is 34.0. The second-order valence-corrected chi connectivity index (χ2v) is 9.22. The van der Waals surface area contributed by atoms with Crippen LogP contribution in [0.4, 0.5) is 32.0 Å². The van der Waals surface area contributed by atoms with Gasteiger partial charge in [0.2, 0.25) is 6.29 Å². The highest BCUT2D eigenvalue weighted by molar-refractivity contribution is 5.85. The molecular formula is C28H26F6N2O8. The number of hydrogen-bond donors (Lipinski definition) is 0. The van der Waals surface area contributed by atoms with Crippen molar-refractivity contribution < 1.29 is 64.4 Å². The summed E-state index contributed by atoms with van der Waals surface area (Å²) in [6.07, 6.45) is -16.6. The Hall–Kier alpha value is -4.47. The fourth-order valence-electron chi connectivity index (χ4n) is 4.06. The molecule has 0 amide bonds. The van der Waals surface area contributed by atoms with E-state index >= 15 is 0 Å². The van der Waals surface area contributed by atoms with E-state index < -0.39 is 84.5 Å². The summed E-state index contributed by atoms with van der Waals surface area (Å²) in [5.74, 6) is -4.68. The van der Waals surface area contributed by atoms with E-state index in [1.807, 2.05) is 0 Å². The van der Waals surface area contributed by atoms with Gasteiger partial charge in [0.05, 0.1) is 11.3 Å². The highest BCUT2D eigenvalue weighted by Crippen LogP contribution is 2.34. The van der Waals surface area contributed by atoms with E-state index in [9.17, 15) is 40.7 Å². The normalized spacial score (nSPS) is 22.8. The first-order valence-electron chi connectivity index (χ1n) is 12.8. The summed E-state index contributed by atoms with van der Waals surface area (Å²) in [5.41, 5.74) is -1.81. The average molecular weight is 633 g/mol. The van der Waals surface area contributed by atoms with Crippen LogP contribution >= 0.6 is 0 Å². The van der Waals surface area contributed by atoms with Crippen molar-refractivity contribution in [1.82, 2.24) is 0 Å². The SMILES string of the molecule is CC(=O)OC[C@H]1O[C@H](OC(=Nc2ccccc2)C(F)(F)F)[C@H](N=Cc2ccccc2C(F)(F)F)[C@@H](OC(C)=O)[C@H]1OC(C)=O. The van der Waals surface area contributed by atoms with E-state index in [0.29, 0.717) is 6.21 Å². The molecule has 0 bridgehead atoms. The van der Waals surface area contributed by atoms with Crippen molar-refractivity contribution in [3.8, 4) is 0 Å². The number of benzene rings is 2. The van der Waals surface area contributed by atoms with Crippen LogP contribution in [0.2, 0.25) is 0 Å². The summed E-state index contributed by atoms with van der Waals surface area (Å²) in [7, 11) is 0. The van der Waals surface area contributed by atoms with Crippen LogP contribution < -0.4 is 0 Å². The Morgan fingerprint density at radius 1 is 0.818 bits per heavy atom. The highest BCUT2D eigenvalue weighted by atomic mass is 19.4. The lowest BCUT2D eigenvalue weighted by Gasteiger charge is -2.43. The molecule has 10 nitrogen and oxygen atoms in total. The number of nitrogens with zero attached hydrogens (tertiary/aromatic N) is 2. The largest absolute Gasteiger partial charge is 0.468 e. The summed E-state index contributed by atoms with van der Waals surface area (Å²) in [6.45, 7) is 2.19. The maximum Gasteiger partial charge on any atom is 0.468 e. The minimum absolute atomic E-state index is 0.180. The zero-order valence-corrected chi connectivity index (χ0v) is 23.3. The molecular weight excluding hydrogens is 606 g/mol. The van der Waals surface area contributed by atoms with Crippen LogP contribution in [0.1, 0.15) is 31.9 Å². The third kappa shape index (κ3) is 9.52. The number of rotatable bonds is 8. The lowest BCUT2D eigenvalue weighted by molar-refractivity contribution is -0.260. The van der Waals surface area contributed by atoms with E-state index in [-0.39, 0.29) is 5.69 Å². The number of hydrogen-bond acceptors (Lipinski definition) is 10. The fourth-order valence-corrected chi connectivity index (χ4v) is 4.06. The monoisotopic (exact) mass is 632 g/mol. The molecule has 0 spiro atoms. The number of alkyl halides is 6. The summed E-state index contributed by atoms with van der Waals surface area (Å²) in [6, 6.07) is 9.11. The lowest BCUT2D eigenvalue weighted by atomic mass is 9.96. The maximum atomic E-state index is 14.1. The van der Waals surface area contributed by atoms with Crippen LogP contribution in [0.5, 0.6) is 0 Å². The van der Waals surface area contributed by atoms with Crippen molar-refractivity contribution in [3.05, 3.63) is 65.7 Å². The van der Waals surface area contributed by atoms with Gasteiger partial charge in [0.15, 0.2) is 18.2 Å². The van der Waals surface area contributed by atoms with Gasteiger partial charge in [-0.15, -0.1) is 0 Å². The van der Waals surface area contributed by atoms with Gasteiger partial charge < -0.3 is 23.7 Å². The van der Waals surface area contributed by atoms with Crippen LogP contribution in [0.15, 0.2) is 64.6 Å². The second kappa shape index (κ2) is 14.3. The quantitative estimate of drug-likeness (QED) is 0.132. The molecule has 1 saturated heterocycles. The van der Waals surface area contributed by atoms with Gasteiger partial charge in [0, 0.05) is 32.5 Å². The van der Waals surface area contributed by atoms with E-state index in [4.69, 9.17) is 23.7 Å². The number of aliphatic imine (C=N–C) groups is 2. The first-order valence-corrected chi connectivity index (χ1v) is 12.8. The smallest absolute Gasteiger partial charge is 0.463 e. The Morgan fingerprint density at radius 3 is 1.98 bits per heavy atom. The minimum atomic E-state index is -5.23. The number of esters is 3. The molecule has 1 heterocycles. The Morgan fingerprint density at radius 2 is 1.41 bits per heavy atom. The van der Waals surface area contributed by atoms with E-state index in [0.717, 1.165) is 39.0 Å². The Balaban J connectivity index is 2.18.